The average molecular weight is 199 g/mol. The van der Waals surface area contributed by atoms with Crippen LogP contribution in [-0.2, 0) is 0 Å². The molecule has 0 heterocycles. The molecule has 0 bridgehead atoms. The second-order valence-corrected chi connectivity index (χ2v) is 4.69. The fraction of sp³-hybridized carbons (Fsp3) is 1.00. The fourth-order valence-corrected chi connectivity index (χ4v) is 2.04. The Labute approximate surface area is 88.1 Å². The van der Waals surface area contributed by atoms with Gasteiger partial charge in [-0.1, -0.05) is 27.2 Å². The molecule has 1 aliphatic carbocycles. The van der Waals surface area contributed by atoms with Crippen LogP contribution in [0, 0.1) is 11.8 Å². The van der Waals surface area contributed by atoms with E-state index in [9.17, 15) is 5.11 Å². The third-order valence-corrected chi connectivity index (χ3v) is 3.59. The van der Waals surface area contributed by atoms with Gasteiger partial charge in [0.2, 0.25) is 0 Å². The van der Waals surface area contributed by atoms with Gasteiger partial charge in [-0.05, 0) is 31.1 Å². The summed E-state index contributed by atoms with van der Waals surface area (Å²) in [6.45, 7) is 6.92. The highest BCUT2D eigenvalue weighted by molar-refractivity contribution is 4.88. The van der Waals surface area contributed by atoms with Crippen molar-refractivity contribution in [1.82, 2.24) is 5.32 Å². The minimum atomic E-state index is 0.276. The lowest BCUT2D eigenvalue weighted by Gasteiger charge is -2.27. The number of hydrogen-bond acceptors (Lipinski definition) is 2. The first kappa shape index (κ1) is 12.0. The summed E-state index contributed by atoms with van der Waals surface area (Å²) in [6, 6.07) is 0.937. The fourth-order valence-electron chi connectivity index (χ4n) is 2.04. The Morgan fingerprint density at radius 3 is 2.29 bits per heavy atom. The maximum Gasteiger partial charge on any atom is 0.0587 e. The molecule has 3 unspecified atom stereocenters. The molecule has 2 N–H and O–H groups in total. The highest BCUT2D eigenvalue weighted by Gasteiger charge is 2.31. The SMILES string of the molecule is CCC(C)C(CO)NC(CC)C1CC1. The lowest BCUT2D eigenvalue weighted by molar-refractivity contribution is 0.184. The molecule has 3 atom stereocenters. The van der Waals surface area contributed by atoms with Gasteiger partial charge in [-0.15, -0.1) is 0 Å². The molecule has 0 aromatic heterocycles. The zero-order chi connectivity index (χ0) is 10.6. The van der Waals surface area contributed by atoms with E-state index in [0.717, 1.165) is 12.3 Å². The molecule has 84 valence electrons. The first-order chi connectivity index (χ1) is 6.72. The monoisotopic (exact) mass is 199 g/mol. The van der Waals surface area contributed by atoms with Gasteiger partial charge in [0.1, 0.15) is 0 Å². The van der Waals surface area contributed by atoms with Gasteiger partial charge < -0.3 is 10.4 Å². The molecule has 0 aromatic carbocycles. The molecular formula is C12H25NO. The summed E-state index contributed by atoms with van der Waals surface area (Å²) in [4.78, 5) is 0. The van der Waals surface area contributed by atoms with Crippen LogP contribution in [0.15, 0.2) is 0 Å². The Morgan fingerprint density at radius 1 is 1.29 bits per heavy atom. The molecule has 0 amide bonds. The number of aliphatic hydroxyl groups is 1. The lowest BCUT2D eigenvalue weighted by atomic mass is 9.97. The summed E-state index contributed by atoms with van der Waals surface area (Å²) in [7, 11) is 0. The van der Waals surface area contributed by atoms with E-state index in [4.69, 9.17) is 0 Å². The second kappa shape index (κ2) is 5.72. The molecule has 1 rings (SSSR count). The number of hydrogen-bond donors (Lipinski definition) is 2. The van der Waals surface area contributed by atoms with E-state index in [1.165, 1.54) is 19.3 Å². The number of nitrogens with one attached hydrogen (secondary N) is 1. The van der Waals surface area contributed by atoms with Crippen molar-refractivity contribution in [1.29, 1.82) is 0 Å². The molecule has 0 radical (unpaired) electrons. The van der Waals surface area contributed by atoms with Gasteiger partial charge in [-0.25, -0.2) is 0 Å². The summed E-state index contributed by atoms with van der Waals surface area (Å²) < 4.78 is 0. The van der Waals surface area contributed by atoms with E-state index in [-0.39, 0.29) is 6.61 Å². The van der Waals surface area contributed by atoms with Gasteiger partial charge in [-0.2, -0.15) is 0 Å². The Morgan fingerprint density at radius 2 is 1.93 bits per heavy atom. The largest absolute Gasteiger partial charge is 0.395 e. The van der Waals surface area contributed by atoms with Crippen LogP contribution in [0.1, 0.15) is 46.5 Å². The molecular weight excluding hydrogens is 174 g/mol. The summed E-state index contributed by atoms with van der Waals surface area (Å²) in [5.41, 5.74) is 0. The van der Waals surface area contributed by atoms with Crippen LogP contribution in [0.3, 0.4) is 0 Å². The molecule has 1 aliphatic rings. The topological polar surface area (TPSA) is 32.3 Å². The molecule has 2 nitrogen and oxygen atoms in total. The minimum Gasteiger partial charge on any atom is -0.395 e. The van der Waals surface area contributed by atoms with Crippen molar-refractivity contribution < 1.29 is 5.11 Å². The third-order valence-electron chi connectivity index (χ3n) is 3.59. The summed E-state index contributed by atoms with van der Waals surface area (Å²) in [5.74, 6) is 1.46. The normalized spacial score (nSPS) is 23.1. The Balaban J connectivity index is 2.36. The van der Waals surface area contributed by atoms with E-state index >= 15 is 0 Å². The predicted octanol–water partition coefficient (Wildman–Crippen LogP) is 2.17. The van der Waals surface area contributed by atoms with Crippen LogP contribution in [-0.4, -0.2) is 23.8 Å². The van der Waals surface area contributed by atoms with Crippen LogP contribution < -0.4 is 5.32 Å². The molecule has 1 saturated carbocycles. The van der Waals surface area contributed by atoms with Crippen LogP contribution in [0.4, 0.5) is 0 Å². The number of rotatable bonds is 7. The highest BCUT2D eigenvalue weighted by Crippen LogP contribution is 2.34. The maximum absolute atomic E-state index is 9.31. The zero-order valence-corrected chi connectivity index (χ0v) is 9.79. The summed E-state index contributed by atoms with van der Waals surface area (Å²) >= 11 is 0. The summed E-state index contributed by atoms with van der Waals surface area (Å²) in [6.07, 6.45) is 5.09. The summed E-state index contributed by atoms with van der Waals surface area (Å²) in [5, 5.41) is 12.9. The van der Waals surface area contributed by atoms with Gasteiger partial charge in [0.15, 0.2) is 0 Å². The van der Waals surface area contributed by atoms with Crippen molar-refractivity contribution in [2.75, 3.05) is 6.61 Å². The van der Waals surface area contributed by atoms with Crippen LogP contribution >= 0.6 is 0 Å². The first-order valence-corrected chi connectivity index (χ1v) is 6.09. The zero-order valence-electron chi connectivity index (χ0n) is 9.79. The Bertz CT molecular complexity index is 156. The first-order valence-electron chi connectivity index (χ1n) is 6.09. The quantitative estimate of drug-likeness (QED) is 0.658. The van der Waals surface area contributed by atoms with Gasteiger partial charge >= 0.3 is 0 Å². The van der Waals surface area contributed by atoms with E-state index in [0.29, 0.717) is 18.0 Å². The van der Waals surface area contributed by atoms with E-state index in [1.54, 1.807) is 0 Å². The van der Waals surface area contributed by atoms with E-state index < -0.39 is 0 Å². The highest BCUT2D eigenvalue weighted by atomic mass is 16.3. The van der Waals surface area contributed by atoms with Crippen LogP contribution in [0.25, 0.3) is 0 Å². The third kappa shape index (κ3) is 3.25. The predicted molar refractivity (Wildman–Crippen MR) is 60.3 cm³/mol. The van der Waals surface area contributed by atoms with Crippen molar-refractivity contribution in [3.8, 4) is 0 Å². The molecule has 1 fully saturated rings. The smallest absolute Gasteiger partial charge is 0.0587 e. The molecule has 2 heteroatoms. The van der Waals surface area contributed by atoms with Gasteiger partial charge in [-0.3, -0.25) is 0 Å². The Hall–Kier alpha value is -0.0800. The van der Waals surface area contributed by atoms with Crippen molar-refractivity contribution in [2.45, 2.75) is 58.5 Å². The molecule has 0 spiro atoms. The molecule has 0 aromatic rings. The maximum atomic E-state index is 9.31. The van der Waals surface area contributed by atoms with Crippen molar-refractivity contribution in [3.63, 3.8) is 0 Å². The van der Waals surface area contributed by atoms with Crippen molar-refractivity contribution in [3.05, 3.63) is 0 Å². The van der Waals surface area contributed by atoms with Gasteiger partial charge in [0.05, 0.1) is 6.61 Å². The Kier molecular flexibility index (Phi) is 4.90. The standard InChI is InChI=1S/C12H25NO/c1-4-9(3)12(8-14)13-11(5-2)10-6-7-10/h9-14H,4-8H2,1-3H3. The van der Waals surface area contributed by atoms with E-state index in [1.807, 2.05) is 0 Å². The average Bonchev–Trinajstić information content (AvgIpc) is 3.02. The molecule has 14 heavy (non-hydrogen) atoms. The minimum absolute atomic E-state index is 0.276. The van der Waals surface area contributed by atoms with E-state index in [2.05, 4.69) is 26.1 Å². The van der Waals surface area contributed by atoms with Crippen molar-refractivity contribution in [2.24, 2.45) is 11.8 Å². The van der Waals surface area contributed by atoms with Crippen molar-refractivity contribution >= 4 is 0 Å². The number of aliphatic hydroxyl groups excluding tert-OH is 1. The second-order valence-electron chi connectivity index (χ2n) is 4.69. The molecule has 0 saturated heterocycles. The van der Waals surface area contributed by atoms with Crippen LogP contribution in [0.2, 0.25) is 0 Å². The van der Waals surface area contributed by atoms with Gasteiger partial charge in [0, 0.05) is 12.1 Å². The van der Waals surface area contributed by atoms with Crippen LogP contribution in [0.5, 0.6) is 0 Å². The molecule has 0 aliphatic heterocycles. The van der Waals surface area contributed by atoms with Gasteiger partial charge in [0.25, 0.3) is 0 Å². The lowest BCUT2D eigenvalue weighted by Crippen LogP contribution is -2.45.